The Morgan fingerprint density at radius 2 is 1.53 bits per heavy atom. The van der Waals surface area contributed by atoms with Gasteiger partial charge in [0.15, 0.2) is 0 Å². The molecule has 96 valence electrons. The zero-order chi connectivity index (χ0) is 13.5. The van der Waals surface area contributed by atoms with E-state index in [-0.39, 0.29) is 0 Å². The first-order valence-corrected chi connectivity index (χ1v) is 10.2. The number of fused-ring (bicyclic) bond motifs is 1. The van der Waals surface area contributed by atoms with Gasteiger partial charge in [-0.2, -0.15) is 0 Å². The number of hydrogen-bond donors (Lipinski definition) is 1. The van der Waals surface area contributed by atoms with Crippen LogP contribution in [-0.4, -0.2) is 0 Å². The zero-order valence-corrected chi connectivity index (χ0v) is 13.3. The fourth-order valence-corrected chi connectivity index (χ4v) is 2.09. The summed E-state index contributed by atoms with van der Waals surface area (Å²) >= 11 is -0.556. The quantitative estimate of drug-likeness (QED) is 0.744. The van der Waals surface area contributed by atoms with Crippen molar-refractivity contribution < 1.29 is 17.0 Å². The molecular weight excluding hydrogens is 313 g/mol. The first-order valence-electron chi connectivity index (χ1n) is 5.90. The fraction of sp³-hybridized carbons (Fsp3) is 0.0667. The Kier molecular flexibility index (Phi) is 6.00. The molecule has 2 aromatic carbocycles. The predicted octanol–water partition coefficient (Wildman–Crippen LogP) is 5.24. The number of hydrogen-bond acceptors (Lipinski definition) is 1. The third-order valence-corrected chi connectivity index (χ3v) is 2.90. The van der Waals surface area contributed by atoms with Crippen LogP contribution in [0.4, 0.5) is 5.69 Å². The number of para-hydroxylation sites is 1. The van der Waals surface area contributed by atoms with E-state index in [0.29, 0.717) is 6.04 Å². The maximum atomic E-state index is 4.89. The molecule has 1 N–H and O–H groups in total. The molecule has 1 aliphatic carbocycles. The van der Waals surface area contributed by atoms with E-state index in [1.165, 1.54) is 11.1 Å². The molecule has 1 atom stereocenters. The summed E-state index contributed by atoms with van der Waals surface area (Å²) in [6, 6.07) is 19.1. The minimum atomic E-state index is -0.556. The van der Waals surface area contributed by atoms with Crippen LogP contribution < -0.4 is 5.32 Å². The van der Waals surface area contributed by atoms with Crippen molar-refractivity contribution in [2.45, 2.75) is 6.04 Å². The molecule has 2 aromatic rings. The molecule has 0 saturated carbocycles. The van der Waals surface area contributed by atoms with Crippen molar-refractivity contribution in [1.29, 1.82) is 0 Å². The van der Waals surface area contributed by atoms with Crippen LogP contribution in [0.25, 0.3) is 6.08 Å². The molecule has 0 radical (unpaired) electrons. The maximum absolute atomic E-state index is 4.89. The summed E-state index contributed by atoms with van der Waals surface area (Å²) in [6.07, 6.45) is 4.38. The van der Waals surface area contributed by atoms with Crippen molar-refractivity contribution >= 4 is 30.4 Å². The Morgan fingerprint density at radius 1 is 0.895 bits per heavy atom. The van der Waals surface area contributed by atoms with Crippen LogP contribution in [0.1, 0.15) is 17.2 Å². The van der Waals surface area contributed by atoms with Gasteiger partial charge in [-0.05, 0) is 23.3 Å². The second-order valence-corrected chi connectivity index (χ2v) is 6.63. The Balaban J connectivity index is 0.000000408. The summed E-state index contributed by atoms with van der Waals surface area (Å²) in [6.45, 7) is 0. The van der Waals surface area contributed by atoms with Crippen LogP contribution in [0.2, 0.25) is 0 Å². The Morgan fingerprint density at radius 3 is 2.26 bits per heavy atom. The first-order chi connectivity index (χ1) is 9.35. The molecule has 0 bridgehead atoms. The van der Waals surface area contributed by atoms with E-state index in [9.17, 15) is 0 Å². The molecule has 0 fully saturated rings. The van der Waals surface area contributed by atoms with Gasteiger partial charge in [-0.1, -0.05) is 54.6 Å². The Bertz CT molecular complexity index is 543. The van der Waals surface area contributed by atoms with Gasteiger partial charge in [0.2, 0.25) is 0 Å². The summed E-state index contributed by atoms with van der Waals surface area (Å²) in [7, 11) is 9.78. The summed E-state index contributed by atoms with van der Waals surface area (Å²) in [5, 5.41) is 3.51. The van der Waals surface area contributed by atoms with Crippen LogP contribution in [0.15, 0.2) is 60.7 Å². The van der Waals surface area contributed by atoms with Crippen LogP contribution in [0, 0.1) is 0 Å². The van der Waals surface area contributed by atoms with E-state index in [4.69, 9.17) is 18.6 Å². The molecule has 1 nitrogen and oxygen atoms in total. The molecule has 0 aromatic heterocycles. The average Bonchev–Trinajstić information content (AvgIpc) is 2.85. The van der Waals surface area contributed by atoms with Gasteiger partial charge in [-0.25, -0.2) is 0 Å². The number of anilines is 1. The molecule has 19 heavy (non-hydrogen) atoms. The van der Waals surface area contributed by atoms with Crippen LogP contribution in [-0.2, 0) is 17.0 Å². The van der Waals surface area contributed by atoms with Crippen molar-refractivity contribution in [3.63, 3.8) is 0 Å². The molecule has 1 aliphatic rings. The summed E-state index contributed by atoms with van der Waals surface area (Å²) in [5.41, 5.74) is 3.83. The van der Waals surface area contributed by atoms with E-state index in [1.807, 2.05) is 18.2 Å². The van der Waals surface area contributed by atoms with Crippen molar-refractivity contribution in [1.82, 2.24) is 0 Å². The van der Waals surface area contributed by atoms with Crippen molar-refractivity contribution in [2.24, 2.45) is 0 Å². The van der Waals surface area contributed by atoms with Gasteiger partial charge in [0, 0.05) is 5.69 Å². The average molecular weight is 326 g/mol. The molecule has 0 spiro atoms. The minimum absolute atomic E-state index is 0.304. The molecule has 3 rings (SSSR count). The molecule has 0 heterocycles. The third-order valence-electron chi connectivity index (χ3n) is 2.90. The van der Waals surface area contributed by atoms with Crippen molar-refractivity contribution in [3.05, 3.63) is 71.8 Å². The molecular formula is C15H13Cl2NTi. The summed E-state index contributed by atoms with van der Waals surface area (Å²) in [5.74, 6) is 0. The molecule has 0 saturated heterocycles. The SMILES string of the molecule is C1=CC(Nc2ccccc2)c2ccccc21.[Cl][Ti][Cl]. The van der Waals surface area contributed by atoms with Gasteiger partial charge in [0.25, 0.3) is 0 Å². The Labute approximate surface area is 130 Å². The van der Waals surface area contributed by atoms with Gasteiger partial charge >= 0.3 is 35.6 Å². The van der Waals surface area contributed by atoms with Crippen molar-refractivity contribution in [2.75, 3.05) is 5.32 Å². The molecule has 0 amide bonds. The standard InChI is InChI=1S/C15H13N.2ClH.Ti/c1-2-7-13(8-3-1)16-15-11-10-12-6-4-5-9-14(12)15;;;/h1-11,15-16H;2*1H;/q;;;+2/p-2. The zero-order valence-electron chi connectivity index (χ0n) is 10.2. The number of halogens is 2. The van der Waals surface area contributed by atoms with Gasteiger partial charge in [0.05, 0.1) is 6.04 Å². The topological polar surface area (TPSA) is 12.0 Å². The number of rotatable bonds is 2. The monoisotopic (exact) mass is 325 g/mol. The van der Waals surface area contributed by atoms with Gasteiger partial charge in [0.1, 0.15) is 0 Å². The predicted molar refractivity (Wildman–Crippen MR) is 80.0 cm³/mol. The molecule has 0 aliphatic heterocycles. The van der Waals surface area contributed by atoms with E-state index in [0.717, 1.165) is 5.69 Å². The number of nitrogens with one attached hydrogen (secondary N) is 1. The normalized spacial score (nSPS) is 15.2. The van der Waals surface area contributed by atoms with E-state index in [1.54, 1.807) is 0 Å². The van der Waals surface area contributed by atoms with Crippen LogP contribution >= 0.6 is 18.6 Å². The second-order valence-electron chi connectivity index (χ2n) is 4.05. The van der Waals surface area contributed by atoms with E-state index >= 15 is 0 Å². The number of benzene rings is 2. The van der Waals surface area contributed by atoms with Gasteiger partial charge in [-0.3, -0.25) is 0 Å². The Hall–Kier alpha value is -0.726. The summed E-state index contributed by atoms with van der Waals surface area (Å²) in [4.78, 5) is 0. The summed E-state index contributed by atoms with van der Waals surface area (Å²) < 4.78 is 0. The van der Waals surface area contributed by atoms with Crippen LogP contribution in [0.3, 0.4) is 0 Å². The van der Waals surface area contributed by atoms with Gasteiger partial charge in [-0.15, -0.1) is 0 Å². The first kappa shape index (κ1) is 14.7. The second kappa shape index (κ2) is 7.76. The fourth-order valence-electron chi connectivity index (χ4n) is 2.09. The van der Waals surface area contributed by atoms with E-state index < -0.39 is 17.0 Å². The third kappa shape index (κ3) is 4.12. The van der Waals surface area contributed by atoms with Crippen molar-refractivity contribution in [3.8, 4) is 0 Å². The van der Waals surface area contributed by atoms with Gasteiger partial charge < -0.3 is 5.32 Å². The van der Waals surface area contributed by atoms with Crippen LogP contribution in [0.5, 0.6) is 0 Å². The van der Waals surface area contributed by atoms with E-state index in [2.05, 4.69) is 53.9 Å². The molecule has 4 heteroatoms. The molecule has 1 unspecified atom stereocenters.